The van der Waals surface area contributed by atoms with Crippen LogP contribution in [0.2, 0.25) is 0 Å². The van der Waals surface area contributed by atoms with E-state index in [1.54, 1.807) is 0 Å². The predicted octanol–water partition coefficient (Wildman–Crippen LogP) is 0.871. The van der Waals surface area contributed by atoms with Gasteiger partial charge in [-0.1, -0.05) is 6.92 Å². The molecule has 0 amide bonds. The van der Waals surface area contributed by atoms with Gasteiger partial charge < -0.3 is 15.0 Å². The smallest absolute Gasteiger partial charge is 0.319 e. The zero-order chi connectivity index (χ0) is 11.8. The molecule has 0 aromatic heterocycles. The standard InChI is InChI=1S/C12H24N2O2/c1-3-14-7-5-11(6-8-14)9-13-10-12(15)16-4-2/h11,13H,3-10H2,1-2H3. The summed E-state index contributed by atoms with van der Waals surface area (Å²) in [6.07, 6.45) is 2.48. The van der Waals surface area contributed by atoms with Gasteiger partial charge in [-0.25, -0.2) is 0 Å². The molecule has 1 heterocycles. The molecule has 1 N–H and O–H groups in total. The largest absolute Gasteiger partial charge is 0.465 e. The first-order chi connectivity index (χ1) is 7.76. The molecule has 4 nitrogen and oxygen atoms in total. The van der Waals surface area contributed by atoms with Crippen molar-refractivity contribution in [3.8, 4) is 0 Å². The van der Waals surface area contributed by atoms with E-state index in [0.29, 0.717) is 13.2 Å². The van der Waals surface area contributed by atoms with Crippen LogP contribution in [0, 0.1) is 5.92 Å². The summed E-state index contributed by atoms with van der Waals surface area (Å²) in [7, 11) is 0. The summed E-state index contributed by atoms with van der Waals surface area (Å²) in [5.74, 6) is 0.575. The number of likely N-dealkylation sites (tertiary alicyclic amines) is 1. The minimum absolute atomic E-state index is 0.145. The normalized spacial score (nSPS) is 18.6. The molecule has 1 aliphatic rings. The maximum Gasteiger partial charge on any atom is 0.319 e. The van der Waals surface area contributed by atoms with E-state index in [2.05, 4.69) is 17.1 Å². The summed E-state index contributed by atoms with van der Waals surface area (Å²) in [5.41, 5.74) is 0. The van der Waals surface area contributed by atoms with E-state index in [1.165, 1.54) is 25.9 Å². The van der Waals surface area contributed by atoms with Crippen LogP contribution < -0.4 is 5.32 Å². The van der Waals surface area contributed by atoms with E-state index < -0.39 is 0 Å². The first kappa shape index (κ1) is 13.5. The highest BCUT2D eigenvalue weighted by atomic mass is 16.5. The van der Waals surface area contributed by atoms with Crippen molar-refractivity contribution in [2.24, 2.45) is 5.92 Å². The lowest BCUT2D eigenvalue weighted by Crippen LogP contribution is -2.38. The number of carbonyl (C=O) groups is 1. The molecular weight excluding hydrogens is 204 g/mol. The first-order valence-corrected chi connectivity index (χ1v) is 6.35. The second-order valence-electron chi connectivity index (χ2n) is 4.31. The van der Waals surface area contributed by atoms with Crippen molar-refractivity contribution in [3.63, 3.8) is 0 Å². The van der Waals surface area contributed by atoms with Crippen molar-refractivity contribution in [3.05, 3.63) is 0 Å². The Morgan fingerprint density at radius 2 is 2.06 bits per heavy atom. The molecule has 1 saturated heterocycles. The predicted molar refractivity (Wildman–Crippen MR) is 64.3 cm³/mol. The van der Waals surface area contributed by atoms with Gasteiger partial charge in [-0.3, -0.25) is 4.79 Å². The molecular formula is C12H24N2O2. The molecule has 1 fully saturated rings. The number of nitrogens with one attached hydrogen (secondary N) is 1. The molecule has 0 spiro atoms. The quantitative estimate of drug-likeness (QED) is 0.685. The van der Waals surface area contributed by atoms with E-state index in [4.69, 9.17) is 4.74 Å². The Morgan fingerprint density at radius 1 is 1.38 bits per heavy atom. The van der Waals surface area contributed by atoms with Gasteiger partial charge in [-0.05, 0) is 51.9 Å². The number of carbonyl (C=O) groups excluding carboxylic acids is 1. The highest BCUT2D eigenvalue weighted by Crippen LogP contribution is 2.15. The summed E-state index contributed by atoms with van der Waals surface area (Å²) in [5, 5.41) is 3.18. The Bertz CT molecular complexity index is 201. The van der Waals surface area contributed by atoms with Crippen LogP contribution in [-0.4, -0.2) is 50.2 Å². The third kappa shape index (κ3) is 4.94. The number of esters is 1. The lowest BCUT2D eigenvalue weighted by molar-refractivity contribution is -0.142. The minimum Gasteiger partial charge on any atom is -0.465 e. The van der Waals surface area contributed by atoms with E-state index in [0.717, 1.165) is 19.0 Å². The molecule has 0 unspecified atom stereocenters. The van der Waals surface area contributed by atoms with Crippen molar-refractivity contribution in [1.82, 2.24) is 10.2 Å². The van der Waals surface area contributed by atoms with E-state index in [1.807, 2.05) is 6.92 Å². The summed E-state index contributed by atoms with van der Waals surface area (Å²) in [6.45, 7) is 9.35. The first-order valence-electron chi connectivity index (χ1n) is 6.35. The molecule has 0 saturated carbocycles. The lowest BCUT2D eigenvalue weighted by atomic mass is 9.97. The van der Waals surface area contributed by atoms with Gasteiger partial charge in [0.1, 0.15) is 0 Å². The fourth-order valence-electron chi connectivity index (χ4n) is 2.10. The summed E-state index contributed by atoms with van der Waals surface area (Å²) in [4.78, 5) is 13.6. The van der Waals surface area contributed by atoms with Crippen molar-refractivity contribution in [1.29, 1.82) is 0 Å². The second-order valence-corrected chi connectivity index (χ2v) is 4.31. The van der Waals surface area contributed by atoms with Crippen LogP contribution in [0.25, 0.3) is 0 Å². The van der Waals surface area contributed by atoms with Gasteiger partial charge in [-0.15, -0.1) is 0 Å². The molecule has 0 atom stereocenters. The fourth-order valence-corrected chi connectivity index (χ4v) is 2.10. The Labute approximate surface area is 98.3 Å². The molecule has 0 bridgehead atoms. The van der Waals surface area contributed by atoms with Crippen LogP contribution in [0.3, 0.4) is 0 Å². The number of hydrogen-bond acceptors (Lipinski definition) is 4. The SMILES string of the molecule is CCOC(=O)CNCC1CCN(CC)CC1. The van der Waals surface area contributed by atoms with Gasteiger partial charge in [0, 0.05) is 0 Å². The van der Waals surface area contributed by atoms with Crippen LogP contribution in [0.15, 0.2) is 0 Å². The van der Waals surface area contributed by atoms with Crippen LogP contribution in [-0.2, 0) is 9.53 Å². The molecule has 0 radical (unpaired) electrons. The molecule has 0 aliphatic carbocycles. The molecule has 4 heteroatoms. The summed E-state index contributed by atoms with van der Waals surface area (Å²) < 4.78 is 4.86. The average Bonchev–Trinajstić information content (AvgIpc) is 2.30. The van der Waals surface area contributed by atoms with Gasteiger partial charge in [-0.2, -0.15) is 0 Å². The van der Waals surface area contributed by atoms with E-state index in [-0.39, 0.29) is 5.97 Å². The van der Waals surface area contributed by atoms with Crippen molar-refractivity contribution < 1.29 is 9.53 Å². The zero-order valence-corrected chi connectivity index (χ0v) is 10.5. The topological polar surface area (TPSA) is 41.6 Å². The average molecular weight is 228 g/mol. The zero-order valence-electron chi connectivity index (χ0n) is 10.5. The van der Waals surface area contributed by atoms with Crippen LogP contribution >= 0.6 is 0 Å². The van der Waals surface area contributed by atoms with Crippen LogP contribution in [0.1, 0.15) is 26.7 Å². The number of hydrogen-bond donors (Lipinski definition) is 1. The Kier molecular flexibility index (Phi) is 6.42. The highest BCUT2D eigenvalue weighted by molar-refractivity contribution is 5.71. The van der Waals surface area contributed by atoms with Gasteiger partial charge >= 0.3 is 5.97 Å². The maximum atomic E-state index is 11.1. The molecule has 94 valence electrons. The Balaban J connectivity index is 2.04. The maximum absolute atomic E-state index is 11.1. The van der Waals surface area contributed by atoms with Gasteiger partial charge in [0.05, 0.1) is 13.2 Å². The van der Waals surface area contributed by atoms with Crippen LogP contribution in [0.5, 0.6) is 0 Å². The van der Waals surface area contributed by atoms with Crippen molar-refractivity contribution in [2.45, 2.75) is 26.7 Å². The van der Waals surface area contributed by atoms with Gasteiger partial charge in [0.2, 0.25) is 0 Å². The van der Waals surface area contributed by atoms with Gasteiger partial charge in [0.15, 0.2) is 0 Å². The number of rotatable bonds is 6. The minimum atomic E-state index is -0.145. The number of piperidine rings is 1. The third-order valence-corrected chi connectivity index (χ3v) is 3.16. The molecule has 0 aromatic rings. The molecule has 1 rings (SSSR count). The van der Waals surface area contributed by atoms with E-state index in [9.17, 15) is 4.79 Å². The Morgan fingerprint density at radius 3 is 2.62 bits per heavy atom. The fraction of sp³-hybridized carbons (Fsp3) is 0.917. The van der Waals surface area contributed by atoms with Gasteiger partial charge in [0.25, 0.3) is 0 Å². The Hall–Kier alpha value is -0.610. The monoisotopic (exact) mass is 228 g/mol. The lowest BCUT2D eigenvalue weighted by Gasteiger charge is -2.31. The van der Waals surface area contributed by atoms with Crippen molar-refractivity contribution >= 4 is 5.97 Å². The second kappa shape index (κ2) is 7.63. The van der Waals surface area contributed by atoms with E-state index >= 15 is 0 Å². The molecule has 16 heavy (non-hydrogen) atoms. The van der Waals surface area contributed by atoms with Crippen molar-refractivity contribution in [2.75, 3.05) is 39.3 Å². The molecule has 1 aliphatic heterocycles. The number of nitrogens with zero attached hydrogens (tertiary/aromatic N) is 1. The summed E-state index contributed by atoms with van der Waals surface area (Å²) in [6, 6.07) is 0. The third-order valence-electron chi connectivity index (χ3n) is 3.16. The summed E-state index contributed by atoms with van der Waals surface area (Å²) >= 11 is 0. The van der Waals surface area contributed by atoms with Crippen LogP contribution in [0.4, 0.5) is 0 Å². The number of ether oxygens (including phenoxy) is 1. The molecule has 0 aromatic carbocycles. The highest BCUT2D eigenvalue weighted by Gasteiger charge is 2.17.